The normalized spacial score (nSPS) is 10.5. The van der Waals surface area contributed by atoms with E-state index < -0.39 is 5.97 Å². The van der Waals surface area contributed by atoms with E-state index in [0.29, 0.717) is 5.39 Å². The lowest BCUT2D eigenvalue weighted by molar-refractivity contribution is 0.0696. The molecule has 2 aromatic rings. The molecule has 0 fully saturated rings. The van der Waals surface area contributed by atoms with Crippen molar-refractivity contribution in [2.24, 2.45) is 0 Å². The number of carboxylic acids is 1. The summed E-state index contributed by atoms with van der Waals surface area (Å²) in [6.07, 6.45) is 1.19. The van der Waals surface area contributed by atoms with Gasteiger partial charge >= 0.3 is 5.97 Å². The largest absolute Gasteiger partial charge is 0.478 e. The highest BCUT2D eigenvalue weighted by Gasteiger charge is 2.10. The number of anilines is 1. The molecule has 2 aromatic heterocycles. The molecule has 0 bridgehead atoms. The maximum atomic E-state index is 10.5. The predicted octanol–water partition coefficient (Wildman–Crippen LogP) is 0.503. The molecule has 6 nitrogen and oxygen atoms in total. The summed E-state index contributed by atoms with van der Waals surface area (Å²) in [5.74, 6) is -0.916. The molecule has 0 aliphatic heterocycles. The SMILES string of the molecule is Nc1noc2ncc(C(=O)O)cc12. The fourth-order valence-corrected chi connectivity index (χ4v) is 0.967. The van der Waals surface area contributed by atoms with Crippen molar-refractivity contribution in [2.45, 2.75) is 0 Å². The Hall–Kier alpha value is -2.11. The molecule has 2 rings (SSSR count). The first-order chi connectivity index (χ1) is 6.18. The lowest BCUT2D eigenvalue weighted by Gasteiger charge is -1.91. The standard InChI is InChI=1S/C7H5N3O3/c8-5-4-1-3(7(11)12)2-9-6(4)13-10-5/h1-2H,(H2,8,10)(H,11,12). The van der Waals surface area contributed by atoms with Gasteiger partial charge in [-0.1, -0.05) is 5.16 Å². The fourth-order valence-electron chi connectivity index (χ4n) is 0.967. The minimum absolute atomic E-state index is 0.0578. The number of carboxylic acid groups (broad SMARTS) is 1. The van der Waals surface area contributed by atoms with Crippen LogP contribution in [0.2, 0.25) is 0 Å². The summed E-state index contributed by atoms with van der Waals surface area (Å²) in [5, 5.41) is 12.5. The van der Waals surface area contributed by atoms with Gasteiger partial charge in [0, 0.05) is 6.20 Å². The molecule has 0 aliphatic carbocycles. The van der Waals surface area contributed by atoms with E-state index in [4.69, 9.17) is 15.4 Å². The van der Waals surface area contributed by atoms with E-state index in [-0.39, 0.29) is 17.1 Å². The van der Waals surface area contributed by atoms with Crippen LogP contribution in [0.1, 0.15) is 10.4 Å². The molecule has 0 aromatic carbocycles. The van der Waals surface area contributed by atoms with Gasteiger partial charge in [-0.15, -0.1) is 0 Å². The third-order valence-electron chi connectivity index (χ3n) is 1.60. The van der Waals surface area contributed by atoms with E-state index >= 15 is 0 Å². The van der Waals surface area contributed by atoms with Gasteiger partial charge in [0.25, 0.3) is 5.71 Å². The summed E-state index contributed by atoms with van der Waals surface area (Å²) in [7, 11) is 0. The van der Waals surface area contributed by atoms with Gasteiger partial charge in [0.05, 0.1) is 10.9 Å². The van der Waals surface area contributed by atoms with Gasteiger partial charge < -0.3 is 15.4 Å². The highest BCUT2D eigenvalue weighted by Crippen LogP contribution is 2.18. The van der Waals surface area contributed by atoms with Crippen LogP contribution in [0.5, 0.6) is 0 Å². The summed E-state index contributed by atoms with van der Waals surface area (Å²) in [5.41, 5.74) is 5.70. The second-order valence-corrected chi connectivity index (χ2v) is 2.45. The average Bonchev–Trinajstić information content (AvgIpc) is 2.47. The number of aromatic carboxylic acids is 1. The van der Waals surface area contributed by atoms with E-state index in [1.807, 2.05) is 0 Å². The first-order valence-corrected chi connectivity index (χ1v) is 3.42. The zero-order valence-electron chi connectivity index (χ0n) is 6.39. The second kappa shape index (κ2) is 2.44. The predicted molar refractivity (Wildman–Crippen MR) is 43.2 cm³/mol. The Balaban J connectivity index is 2.72. The Labute approximate surface area is 72.0 Å². The van der Waals surface area contributed by atoms with Crippen molar-refractivity contribution in [1.82, 2.24) is 10.1 Å². The smallest absolute Gasteiger partial charge is 0.337 e. The number of hydrogen-bond acceptors (Lipinski definition) is 5. The van der Waals surface area contributed by atoms with Gasteiger partial charge in [-0.05, 0) is 6.07 Å². The maximum Gasteiger partial charge on any atom is 0.337 e. The lowest BCUT2D eigenvalue weighted by atomic mass is 10.2. The molecule has 0 spiro atoms. The number of nitrogens with zero attached hydrogens (tertiary/aromatic N) is 2. The number of rotatable bonds is 1. The number of carbonyl (C=O) groups is 1. The van der Waals surface area contributed by atoms with Crippen LogP contribution in [0.3, 0.4) is 0 Å². The number of nitrogen functional groups attached to an aromatic ring is 1. The van der Waals surface area contributed by atoms with E-state index in [9.17, 15) is 4.79 Å². The third kappa shape index (κ3) is 1.08. The van der Waals surface area contributed by atoms with Crippen molar-refractivity contribution >= 4 is 22.9 Å². The molecular weight excluding hydrogens is 174 g/mol. The van der Waals surface area contributed by atoms with Gasteiger partial charge in [0.15, 0.2) is 5.82 Å². The maximum absolute atomic E-state index is 10.5. The van der Waals surface area contributed by atoms with E-state index in [2.05, 4.69) is 10.1 Å². The van der Waals surface area contributed by atoms with Crippen LogP contribution in [-0.4, -0.2) is 21.2 Å². The number of hydrogen-bond donors (Lipinski definition) is 2. The van der Waals surface area contributed by atoms with E-state index in [0.717, 1.165) is 0 Å². The Kier molecular flexibility index (Phi) is 1.42. The first-order valence-electron chi connectivity index (χ1n) is 3.42. The molecule has 0 radical (unpaired) electrons. The topological polar surface area (TPSA) is 102 Å². The van der Waals surface area contributed by atoms with Gasteiger partial charge in [-0.3, -0.25) is 0 Å². The van der Waals surface area contributed by atoms with Crippen molar-refractivity contribution in [3.8, 4) is 0 Å². The second-order valence-electron chi connectivity index (χ2n) is 2.45. The molecule has 0 saturated heterocycles. The minimum atomic E-state index is -1.06. The Bertz CT molecular complexity index is 477. The summed E-state index contributed by atoms with van der Waals surface area (Å²) in [6.45, 7) is 0. The van der Waals surface area contributed by atoms with Crippen LogP contribution in [-0.2, 0) is 0 Å². The Morgan fingerprint density at radius 3 is 3.08 bits per heavy atom. The van der Waals surface area contributed by atoms with Gasteiger partial charge in [-0.25, -0.2) is 9.78 Å². The molecule has 0 amide bonds. The summed E-state index contributed by atoms with van der Waals surface area (Å²) in [4.78, 5) is 14.3. The first kappa shape index (κ1) is 7.53. The molecular formula is C7H5N3O3. The molecule has 0 saturated carbocycles. The molecule has 13 heavy (non-hydrogen) atoms. The number of nitrogens with two attached hydrogens (primary N) is 1. The van der Waals surface area contributed by atoms with Crippen LogP contribution < -0.4 is 5.73 Å². The van der Waals surface area contributed by atoms with Crippen LogP contribution in [0.25, 0.3) is 11.1 Å². The van der Waals surface area contributed by atoms with Crippen molar-refractivity contribution < 1.29 is 14.4 Å². The van der Waals surface area contributed by atoms with Crippen molar-refractivity contribution in [1.29, 1.82) is 0 Å². The number of fused-ring (bicyclic) bond motifs is 1. The quantitative estimate of drug-likeness (QED) is 0.660. The molecule has 2 heterocycles. The van der Waals surface area contributed by atoms with Crippen molar-refractivity contribution in [3.05, 3.63) is 17.8 Å². The van der Waals surface area contributed by atoms with Crippen LogP contribution in [0.15, 0.2) is 16.8 Å². The highest BCUT2D eigenvalue weighted by atomic mass is 16.5. The fraction of sp³-hybridized carbons (Fsp3) is 0. The molecule has 0 aliphatic rings. The van der Waals surface area contributed by atoms with Crippen LogP contribution in [0.4, 0.5) is 5.82 Å². The van der Waals surface area contributed by atoms with E-state index in [1.165, 1.54) is 12.3 Å². The van der Waals surface area contributed by atoms with Gasteiger partial charge in [0.2, 0.25) is 0 Å². The van der Waals surface area contributed by atoms with Gasteiger partial charge in [-0.2, -0.15) is 0 Å². The molecule has 3 N–H and O–H groups in total. The van der Waals surface area contributed by atoms with Gasteiger partial charge in [0.1, 0.15) is 0 Å². The summed E-state index contributed by atoms with van der Waals surface area (Å²) >= 11 is 0. The monoisotopic (exact) mass is 179 g/mol. The molecule has 0 unspecified atom stereocenters. The number of pyridine rings is 1. The van der Waals surface area contributed by atoms with Crippen molar-refractivity contribution in [2.75, 3.05) is 5.73 Å². The molecule has 0 atom stereocenters. The number of aromatic nitrogens is 2. The minimum Gasteiger partial charge on any atom is -0.478 e. The van der Waals surface area contributed by atoms with Crippen molar-refractivity contribution in [3.63, 3.8) is 0 Å². The summed E-state index contributed by atoms with van der Waals surface area (Å²) < 4.78 is 4.70. The Morgan fingerprint density at radius 1 is 1.62 bits per heavy atom. The average molecular weight is 179 g/mol. The highest BCUT2D eigenvalue weighted by molar-refractivity contribution is 5.94. The Morgan fingerprint density at radius 2 is 2.38 bits per heavy atom. The summed E-state index contributed by atoms with van der Waals surface area (Å²) in [6, 6.07) is 1.37. The zero-order valence-corrected chi connectivity index (χ0v) is 6.39. The molecule has 6 heteroatoms. The molecule has 66 valence electrons. The van der Waals surface area contributed by atoms with E-state index in [1.54, 1.807) is 0 Å². The lowest BCUT2D eigenvalue weighted by Crippen LogP contribution is -1.96. The van der Waals surface area contributed by atoms with Crippen LogP contribution in [0, 0.1) is 0 Å². The zero-order chi connectivity index (χ0) is 9.42. The third-order valence-corrected chi connectivity index (χ3v) is 1.60. The van der Waals surface area contributed by atoms with Crippen LogP contribution >= 0.6 is 0 Å².